The van der Waals surface area contributed by atoms with E-state index in [4.69, 9.17) is 10.7 Å². The van der Waals surface area contributed by atoms with Gasteiger partial charge in [-0.15, -0.1) is 0 Å². The molecule has 2 N–H and O–H groups in total. The van der Waals surface area contributed by atoms with Crippen molar-refractivity contribution in [2.45, 2.75) is 44.1 Å². The van der Waals surface area contributed by atoms with Gasteiger partial charge in [-0.1, -0.05) is 0 Å². The number of nitrogens with two attached hydrogens (primary N) is 1. The highest BCUT2D eigenvalue weighted by Crippen LogP contribution is 2.40. The molecule has 0 saturated heterocycles. The Bertz CT molecular complexity index is 580. The lowest BCUT2D eigenvalue weighted by Gasteiger charge is -2.25. The van der Waals surface area contributed by atoms with Crippen molar-refractivity contribution >= 4 is 17.0 Å². The first-order chi connectivity index (χ1) is 8.33. The lowest BCUT2D eigenvalue weighted by Crippen LogP contribution is -2.18. The summed E-state index contributed by atoms with van der Waals surface area (Å²) in [6, 6.07) is 0.485. The Morgan fingerprint density at radius 1 is 1.24 bits per heavy atom. The highest BCUT2D eigenvalue weighted by molar-refractivity contribution is 5.82. The molecule has 0 aliphatic heterocycles. The standard InChI is InChI=1S/C12H15N5/c13-11-10-12(17(16-11)8-2-1-3-8)15-9(6-14-10)7-4-5-7/h6-8H,1-5H2,(H2,13,16). The highest BCUT2D eigenvalue weighted by atomic mass is 15.4. The quantitative estimate of drug-likeness (QED) is 0.855. The molecule has 4 rings (SSSR count). The van der Waals surface area contributed by atoms with Crippen molar-refractivity contribution in [2.75, 3.05) is 5.73 Å². The lowest BCUT2D eigenvalue weighted by molar-refractivity contribution is 0.296. The maximum atomic E-state index is 5.90. The SMILES string of the molecule is Nc1nn(C2CCC2)c2nc(C3CC3)cnc12. The smallest absolute Gasteiger partial charge is 0.179 e. The summed E-state index contributed by atoms with van der Waals surface area (Å²) in [5.74, 6) is 1.14. The third-order valence-corrected chi connectivity index (χ3v) is 3.86. The predicted molar refractivity (Wildman–Crippen MR) is 64.6 cm³/mol. The van der Waals surface area contributed by atoms with Crippen LogP contribution in [-0.2, 0) is 0 Å². The summed E-state index contributed by atoms with van der Waals surface area (Å²) in [4.78, 5) is 9.15. The van der Waals surface area contributed by atoms with Crippen LogP contribution in [0.5, 0.6) is 0 Å². The second kappa shape index (κ2) is 3.18. The van der Waals surface area contributed by atoms with Crippen LogP contribution in [0.15, 0.2) is 6.20 Å². The van der Waals surface area contributed by atoms with Crippen LogP contribution in [-0.4, -0.2) is 19.7 Å². The van der Waals surface area contributed by atoms with Crippen LogP contribution < -0.4 is 5.73 Å². The molecule has 0 radical (unpaired) electrons. The molecule has 2 aromatic heterocycles. The van der Waals surface area contributed by atoms with Crippen molar-refractivity contribution in [1.82, 2.24) is 19.7 Å². The van der Waals surface area contributed by atoms with E-state index in [-0.39, 0.29) is 0 Å². The zero-order valence-corrected chi connectivity index (χ0v) is 9.63. The highest BCUT2D eigenvalue weighted by Gasteiger charge is 2.28. The summed E-state index contributed by atoms with van der Waals surface area (Å²) in [7, 11) is 0. The van der Waals surface area contributed by atoms with Gasteiger partial charge in [0, 0.05) is 12.1 Å². The first-order valence-electron chi connectivity index (χ1n) is 6.33. The van der Waals surface area contributed by atoms with Gasteiger partial charge in [-0.2, -0.15) is 5.10 Å². The van der Waals surface area contributed by atoms with Crippen molar-refractivity contribution in [3.05, 3.63) is 11.9 Å². The number of rotatable bonds is 2. The number of nitrogens with zero attached hydrogens (tertiary/aromatic N) is 4. The van der Waals surface area contributed by atoms with E-state index in [1.54, 1.807) is 0 Å². The van der Waals surface area contributed by atoms with Gasteiger partial charge < -0.3 is 5.73 Å². The molecule has 0 bridgehead atoms. The molecule has 2 saturated carbocycles. The van der Waals surface area contributed by atoms with Crippen LogP contribution in [0.1, 0.15) is 49.8 Å². The van der Waals surface area contributed by atoms with E-state index >= 15 is 0 Å². The van der Waals surface area contributed by atoms with Gasteiger partial charge in [-0.25, -0.2) is 14.6 Å². The van der Waals surface area contributed by atoms with Crippen LogP contribution in [0.3, 0.4) is 0 Å². The molecule has 0 aromatic carbocycles. The average molecular weight is 229 g/mol. The van der Waals surface area contributed by atoms with E-state index in [1.165, 1.54) is 32.1 Å². The van der Waals surface area contributed by atoms with Crippen molar-refractivity contribution in [3.63, 3.8) is 0 Å². The molecule has 0 unspecified atom stereocenters. The van der Waals surface area contributed by atoms with Crippen molar-refractivity contribution < 1.29 is 0 Å². The molecule has 2 aliphatic rings. The molecule has 5 heteroatoms. The monoisotopic (exact) mass is 229 g/mol. The van der Waals surface area contributed by atoms with Crippen LogP contribution >= 0.6 is 0 Å². The summed E-state index contributed by atoms with van der Waals surface area (Å²) in [6.45, 7) is 0. The molecule has 0 spiro atoms. The molecule has 0 atom stereocenters. The van der Waals surface area contributed by atoms with Crippen LogP contribution in [0.2, 0.25) is 0 Å². The number of nitrogen functional groups attached to an aromatic ring is 1. The summed E-state index contributed by atoms with van der Waals surface area (Å²) in [5.41, 5.74) is 8.66. The predicted octanol–water partition coefficient (Wildman–Crippen LogP) is 2.01. The van der Waals surface area contributed by atoms with Crippen molar-refractivity contribution in [1.29, 1.82) is 0 Å². The van der Waals surface area contributed by atoms with Gasteiger partial charge >= 0.3 is 0 Å². The Labute approximate surface area is 99.0 Å². The van der Waals surface area contributed by atoms with E-state index in [9.17, 15) is 0 Å². The molecular formula is C12H15N5. The number of hydrogen-bond donors (Lipinski definition) is 1. The summed E-state index contributed by atoms with van der Waals surface area (Å²) in [5, 5.41) is 4.40. The van der Waals surface area contributed by atoms with Crippen LogP contribution in [0.4, 0.5) is 5.82 Å². The van der Waals surface area contributed by atoms with Crippen LogP contribution in [0, 0.1) is 0 Å². The second-order valence-electron chi connectivity index (χ2n) is 5.16. The number of hydrogen-bond acceptors (Lipinski definition) is 4. The van der Waals surface area contributed by atoms with Crippen LogP contribution in [0.25, 0.3) is 11.2 Å². The molecule has 2 aromatic rings. The van der Waals surface area contributed by atoms with Crippen molar-refractivity contribution in [2.24, 2.45) is 0 Å². The van der Waals surface area contributed by atoms with E-state index in [1.807, 2.05) is 10.9 Å². The number of anilines is 1. The molecule has 17 heavy (non-hydrogen) atoms. The minimum atomic E-state index is 0.485. The topological polar surface area (TPSA) is 69.6 Å². The Kier molecular flexibility index (Phi) is 1.76. The third-order valence-electron chi connectivity index (χ3n) is 3.86. The molecule has 88 valence electrons. The maximum absolute atomic E-state index is 5.90. The molecule has 2 heterocycles. The number of aromatic nitrogens is 4. The van der Waals surface area contributed by atoms with E-state index < -0.39 is 0 Å². The summed E-state index contributed by atoms with van der Waals surface area (Å²) >= 11 is 0. The fraction of sp³-hybridized carbons (Fsp3) is 0.583. The molecule has 2 fully saturated rings. The first kappa shape index (κ1) is 9.39. The molecular weight excluding hydrogens is 214 g/mol. The number of fused-ring (bicyclic) bond motifs is 1. The van der Waals surface area contributed by atoms with Gasteiger partial charge in [0.05, 0.1) is 11.7 Å². The Balaban J connectivity index is 1.89. The summed E-state index contributed by atoms with van der Waals surface area (Å²) < 4.78 is 1.99. The average Bonchev–Trinajstić information content (AvgIpc) is 3.05. The largest absolute Gasteiger partial charge is 0.380 e. The minimum Gasteiger partial charge on any atom is -0.380 e. The maximum Gasteiger partial charge on any atom is 0.179 e. The normalized spacial score (nSPS) is 20.7. The molecule has 5 nitrogen and oxygen atoms in total. The lowest BCUT2D eigenvalue weighted by atomic mass is 9.93. The first-order valence-corrected chi connectivity index (χ1v) is 6.33. The zero-order chi connectivity index (χ0) is 11.4. The minimum absolute atomic E-state index is 0.485. The van der Waals surface area contributed by atoms with Gasteiger partial charge in [-0.05, 0) is 32.1 Å². The van der Waals surface area contributed by atoms with E-state index in [2.05, 4.69) is 10.1 Å². The second-order valence-corrected chi connectivity index (χ2v) is 5.16. The van der Waals surface area contributed by atoms with E-state index in [0.29, 0.717) is 17.8 Å². The zero-order valence-electron chi connectivity index (χ0n) is 9.63. The fourth-order valence-corrected chi connectivity index (χ4v) is 2.41. The van der Waals surface area contributed by atoms with E-state index in [0.717, 1.165) is 16.9 Å². The fourth-order valence-electron chi connectivity index (χ4n) is 2.41. The third kappa shape index (κ3) is 1.34. The Morgan fingerprint density at radius 3 is 2.71 bits per heavy atom. The van der Waals surface area contributed by atoms with Crippen molar-refractivity contribution in [3.8, 4) is 0 Å². The van der Waals surface area contributed by atoms with Gasteiger partial charge in [0.15, 0.2) is 17.0 Å². The summed E-state index contributed by atoms with van der Waals surface area (Å²) in [6.07, 6.45) is 8.00. The molecule has 2 aliphatic carbocycles. The van der Waals surface area contributed by atoms with Gasteiger partial charge in [0.2, 0.25) is 0 Å². The Hall–Kier alpha value is -1.65. The van der Waals surface area contributed by atoms with Gasteiger partial charge in [0.25, 0.3) is 0 Å². The van der Waals surface area contributed by atoms with Gasteiger partial charge in [-0.3, -0.25) is 0 Å². The Morgan fingerprint density at radius 2 is 2.06 bits per heavy atom. The van der Waals surface area contributed by atoms with Gasteiger partial charge in [0.1, 0.15) is 0 Å². The molecule has 0 amide bonds.